The molecule has 3 aromatic rings. The number of rotatable bonds is 5. The van der Waals surface area contributed by atoms with Gasteiger partial charge in [-0.3, -0.25) is 0 Å². The summed E-state index contributed by atoms with van der Waals surface area (Å²) in [5.41, 5.74) is 2.67. The Bertz CT molecular complexity index is 1030. The fourth-order valence-electron chi connectivity index (χ4n) is 3.28. The molecule has 0 atom stereocenters. The summed E-state index contributed by atoms with van der Waals surface area (Å²) in [5.74, 6) is 1.30. The molecule has 0 saturated carbocycles. The Kier molecular flexibility index (Phi) is 5.94. The van der Waals surface area contributed by atoms with E-state index in [1.54, 1.807) is 18.2 Å². The summed E-state index contributed by atoms with van der Waals surface area (Å²) in [6.07, 6.45) is 2.80. The number of nitrogens with zero attached hydrogens (tertiary/aromatic N) is 2. The Hall–Kier alpha value is -1.57. The highest BCUT2D eigenvalue weighted by Gasteiger charge is 2.23. The van der Waals surface area contributed by atoms with Crippen LogP contribution in [0.2, 0.25) is 10.0 Å². The number of fused-ring (bicyclic) bond motifs is 1. The molecule has 28 heavy (non-hydrogen) atoms. The normalized spacial score (nSPS) is 12.9. The van der Waals surface area contributed by atoms with Gasteiger partial charge in [0.1, 0.15) is 24.0 Å². The highest BCUT2D eigenvalue weighted by atomic mass is 127. The monoisotopic (exact) mass is 528 g/mol. The van der Waals surface area contributed by atoms with Crippen molar-refractivity contribution in [3.05, 3.63) is 84.8 Å². The number of ether oxygens (including phenoxy) is 1. The maximum Gasteiger partial charge on any atom is 0.133 e. The molecule has 0 saturated heterocycles. The SMILES string of the molecule is Fc1cc(Cl)ccc1COc1ccc(Cl)cc1CN1CCc2c(I)ccnc21. The smallest absolute Gasteiger partial charge is 0.133 e. The summed E-state index contributed by atoms with van der Waals surface area (Å²) < 4.78 is 21.2. The number of aromatic nitrogens is 1. The van der Waals surface area contributed by atoms with Crippen molar-refractivity contribution < 1.29 is 9.13 Å². The van der Waals surface area contributed by atoms with Crippen LogP contribution in [0.25, 0.3) is 0 Å². The first-order valence-electron chi connectivity index (χ1n) is 8.75. The lowest BCUT2D eigenvalue weighted by atomic mass is 10.2. The minimum Gasteiger partial charge on any atom is -0.488 e. The van der Waals surface area contributed by atoms with E-state index in [-0.39, 0.29) is 12.4 Å². The topological polar surface area (TPSA) is 25.4 Å². The van der Waals surface area contributed by atoms with Crippen molar-refractivity contribution in [2.75, 3.05) is 11.4 Å². The minimum atomic E-state index is -0.379. The largest absolute Gasteiger partial charge is 0.488 e. The van der Waals surface area contributed by atoms with Crippen molar-refractivity contribution in [1.82, 2.24) is 4.98 Å². The van der Waals surface area contributed by atoms with Crippen LogP contribution in [0.4, 0.5) is 10.2 Å². The lowest BCUT2D eigenvalue weighted by molar-refractivity contribution is 0.296. The average molecular weight is 529 g/mol. The molecule has 4 rings (SSSR count). The Morgan fingerprint density at radius 1 is 1.07 bits per heavy atom. The molecule has 1 aliphatic heterocycles. The molecule has 0 bridgehead atoms. The third-order valence-corrected chi connectivity index (χ3v) is 6.17. The first-order chi connectivity index (χ1) is 13.5. The molecule has 0 unspecified atom stereocenters. The molecule has 1 aliphatic rings. The zero-order valence-corrected chi connectivity index (χ0v) is 18.4. The van der Waals surface area contributed by atoms with Gasteiger partial charge in [0.2, 0.25) is 0 Å². The van der Waals surface area contributed by atoms with Crippen molar-refractivity contribution in [2.45, 2.75) is 19.6 Å². The van der Waals surface area contributed by atoms with E-state index in [9.17, 15) is 4.39 Å². The molecule has 0 N–H and O–H groups in total. The molecule has 0 radical (unpaired) electrons. The van der Waals surface area contributed by atoms with Gasteiger partial charge >= 0.3 is 0 Å². The zero-order chi connectivity index (χ0) is 19.7. The molecule has 0 fully saturated rings. The summed E-state index contributed by atoms with van der Waals surface area (Å²) in [5, 5.41) is 0.998. The molecular formula is C21H16Cl2FIN2O. The predicted octanol–water partition coefficient (Wildman–Crippen LogP) is 6.27. The number of hydrogen-bond acceptors (Lipinski definition) is 3. The van der Waals surface area contributed by atoms with Crippen LogP contribution in [0.3, 0.4) is 0 Å². The number of anilines is 1. The molecule has 144 valence electrons. The van der Waals surface area contributed by atoms with Gasteiger partial charge in [0, 0.05) is 49.6 Å². The lowest BCUT2D eigenvalue weighted by Gasteiger charge is -2.21. The second-order valence-corrected chi connectivity index (χ2v) is 8.58. The van der Waals surface area contributed by atoms with Gasteiger partial charge in [-0.1, -0.05) is 29.3 Å². The van der Waals surface area contributed by atoms with Crippen LogP contribution in [0.5, 0.6) is 5.75 Å². The Morgan fingerprint density at radius 2 is 1.86 bits per heavy atom. The van der Waals surface area contributed by atoms with E-state index in [0.29, 0.717) is 27.9 Å². The van der Waals surface area contributed by atoms with Gasteiger partial charge in [-0.2, -0.15) is 0 Å². The molecule has 2 aromatic carbocycles. The van der Waals surface area contributed by atoms with Gasteiger partial charge < -0.3 is 9.64 Å². The molecule has 0 amide bonds. The van der Waals surface area contributed by atoms with Crippen molar-refractivity contribution in [2.24, 2.45) is 0 Å². The standard InChI is InChI=1S/C21H16Cl2FIN2O/c22-15-3-4-20(28-12-13-1-2-16(23)10-18(13)24)14(9-15)11-27-8-6-17-19(25)5-7-26-21(17)27/h1-5,7,9-10H,6,8,11-12H2. The number of pyridine rings is 1. The molecule has 0 aliphatic carbocycles. The summed E-state index contributed by atoms with van der Waals surface area (Å²) >= 11 is 14.4. The molecule has 0 spiro atoms. The van der Waals surface area contributed by atoms with Gasteiger partial charge in [-0.05, 0) is 65.4 Å². The fourth-order valence-corrected chi connectivity index (χ4v) is 4.31. The van der Waals surface area contributed by atoms with Gasteiger partial charge in [0.15, 0.2) is 0 Å². The summed E-state index contributed by atoms with van der Waals surface area (Å²) in [7, 11) is 0. The van der Waals surface area contributed by atoms with Crippen LogP contribution in [-0.2, 0) is 19.6 Å². The van der Waals surface area contributed by atoms with E-state index < -0.39 is 0 Å². The highest BCUT2D eigenvalue weighted by Crippen LogP contribution is 2.33. The van der Waals surface area contributed by atoms with E-state index in [1.807, 2.05) is 24.4 Å². The first kappa shape index (κ1) is 19.7. The van der Waals surface area contributed by atoms with E-state index in [0.717, 1.165) is 24.3 Å². The molecule has 1 aromatic heterocycles. The maximum absolute atomic E-state index is 14.0. The van der Waals surface area contributed by atoms with Crippen LogP contribution in [0.15, 0.2) is 48.7 Å². The zero-order valence-electron chi connectivity index (χ0n) is 14.8. The van der Waals surface area contributed by atoms with E-state index in [4.69, 9.17) is 27.9 Å². The van der Waals surface area contributed by atoms with Crippen LogP contribution in [0.1, 0.15) is 16.7 Å². The van der Waals surface area contributed by atoms with Crippen LogP contribution >= 0.6 is 45.8 Å². The summed E-state index contributed by atoms with van der Waals surface area (Å²) in [6, 6.07) is 12.1. The fraction of sp³-hybridized carbons (Fsp3) is 0.190. The van der Waals surface area contributed by atoms with Gasteiger partial charge in [-0.15, -0.1) is 0 Å². The Labute approximate surface area is 186 Å². The molecular weight excluding hydrogens is 513 g/mol. The maximum atomic E-state index is 14.0. The van der Waals surface area contributed by atoms with E-state index >= 15 is 0 Å². The summed E-state index contributed by atoms with van der Waals surface area (Å²) in [6.45, 7) is 1.63. The quantitative estimate of drug-likeness (QED) is 0.365. The van der Waals surface area contributed by atoms with Crippen LogP contribution < -0.4 is 9.64 Å². The Morgan fingerprint density at radius 3 is 2.68 bits per heavy atom. The second kappa shape index (κ2) is 8.43. The van der Waals surface area contributed by atoms with Crippen LogP contribution in [-0.4, -0.2) is 11.5 Å². The average Bonchev–Trinajstić information content (AvgIpc) is 3.07. The van der Waals surface area contributed by atoms with Gasteiger partial charge in [0.25, 0.3) is 0 Å². The minimum absolute atomic E-state index is 0.115. The predicted molar refractivity (Wildman–Crippen MR) is 119 cm³/mol. The third kappa shape index (κ3) is 4.21. The van der Waals surface area contributed by atoms with Crippen LogP contribution in [0, 0.1) is 9.39 Å². The Balaban J connectivity index is 1.55. The van der Waals surface area contributed by atoms with E-state index in [1.165, 1.54) is 15.2 Å². The highest BCUT2D eigenvalue weighted by molar-refractivity contribution is 14.1. The molecule has 2 heterocycles. The number of halogens is 4. The number of benzene rings is 2. The summed E-state index contributed by atoms with van der Waals surface area (Å²) in [4.78, 5) is 6.77. The van der Waals surface area contributed by atoms with Crippen molar-refractivity contribution >= 4 is 51.6 Å². The molecule has 3 nitrogen and oxygen atoms in total. The first-order valence-corrected chi connectivity index (χ1v) is 10.6. The number of hydrogen-bond donors (Lipinski definition) is 0. The van der Waals surface area contributed by atoms with Crippen molar-refractivity contribution in [3.8, 4) is 5.75 Å². The van der Waals surface area contributed by atoms with Gasteiger partial charge in [0.05, 0.1) is 0 Å². The lowest BCUT2D eigenvalue weighted by Crippen LogP contribution is -2.21. The second-order valence-electron chi connectivity index (χ2n) is 6.54. The molecule has 7 heteroatoms. The third-order valence-electron chi connectivity index (χ3n) is 4.69. The van der Waals surface area contributed by atoms with Crippen molar-refractivity contribution in [1.29, 1.82) is 0 Å². The van der Waals surface area contributed by atoms with Gasteiger partial charge in [-0.25, -0.2) is 9.37 Å². The van der Waals surface area contributed by atoms with E-state index in [2.05, 4.69) is 32.5 Å². The van der Waals surface area contributed by atoms with Crippen molar-refractivity contribution in [3.63, 3.8) is 0 Å².